The Hall–Kier alpha value is -0.560. The van der Waals surface area contributed by atoms with Crippen LogP contribution in [0.5, 0.6) is 0 Å². The van der Waals surface area contributed by atoms with Crippen LogP contribution < -0.4 is 0 Å². The Bertz CT molecular complexity index is 439. The molecular formula is C16H28N4OS. The summed E-state index contributed by atoms with van der Waals surface area (Å²) in [6, 6.07) is 0.815. The summed E-state index contributed by atoms with van der Waals surface area (Å²) in [5.74, 6) is 2.64. The minimum atomic E-state index is 0.748. The Morgan fingerprint density at radius 1 is 1.23 bits per heavy atom. The molecule has 0 radical (unpaired) electrons. The molecule has 3 heterocycles. The highest BCUT2D eigenvalue weighted by atomic mass is 32.2. The first kappa shape index (κ1) is 16.3. The van der Waals surface area contributed by atoms with E-state index in [0.717, 1.165) is 25.7 Å². The SMILES string of the molecule is COCCn1cncc1CN1CCC(N2CCSCC2)CC1. The van der Waals surface area contributed by atoms with Crippen LogP contribution in [0.4, 0.5) is 0 Å². The van der Waals surface area contributed by atoms with Gasteiger partial charge in [-0.15, -0.1) is 0 Å². The molecule has 2 saturated heterocycles. The Morgan fingerprint density at radius 3 is 2.73 bits per heavy atom. The summed E-state index contributed by atoms with van der Waals surface area (Å²) < 4.78 is 7.39. The second-order valence-corrected chi connectivity index (χ2v) is 7.45. The number of rotatable bonds is 6. The third kappa shape index (κ3) is 4.25. The maximum atomic E-state index is 5.17. The Balaban J connectivity index is 1.46. The lowest BCUT2D eigenvalue weighted by Crippen LogP contribution is -2.47. The van der Waals surface area contributed by atoms with Crippen molar-refractivity contribution in [1.82, 2.24) is 19.4 Å². The van der Waals surface area contributed by atoms with Gasteiger partial charge in [-0.25, -0.2) is 4.98 Å². The molecule has 0 atom stereocenters. The van der Waals surface area contributed by atoms with Crippen molar-refractivity contribution in [3.63, 3.8) is 0 Å². The molecule has 3 rings (SSSR count). The fraction of sp³-hybridized carbons (Fsp3) is 0.812. The van der Waals surface area contributed by atoms with Crippen molar-refractivity contribution < 1.29 is 4.74 Å². The van der Waals surface area contributed by atoms with Gasteiger partial charge in [-0.05, 0) is 12.8 Å². The summed E-state index contributed by atoms with van der Waals surface area (Å²) in [6.07, 6.45) is 6.56. The van der Waals surface area contributed by atoms with E-state index in [2.05, 4.69) is 31.1 Å². The second kappa shape index (κ2) is 8.34. The van der Waals surface area contributed by atoms with Crippen LogP contribution in [0.1, 0.15) is 18.5 Å². The number of hydrogen-bond donors (Lipinski definition) is 0. The summed E-state index contributed by atoms with van der Waals surface area (Å²) in [5.41, 5.74) is 1.31. The molecule has 2 aliphatic heterocycles. The lowest BCUT2D eigenvalue weighted by atomic mass is 10.0. The van der Waals surface area contributed by atoms with Crippen LogP contribution in [0.3, 0.4) is 0 Å². The first-order valence-electron chi connectivity index (χ1n) is 8.39. The van der Waals surface area contributed by atoms with E-state index in [-0.39, 0.29) is 0 Å². The van der Waals surface area contributed by atoms with E-state index in [1.165, 1.54) is 56.2 Å². The molecular weight excluding hydrogens is 296 g/mol. The number of ether oxygens (including phenoxy) is 1. The van der Waals surface area contributed by atoms with Gasteiger partial charge in [0.25, 0.3) is 0 Å². The monoisotopic (exact) mass is 324 g/mol. The van der Waals surface area contributed by atoms with E-state index >= 15 is 0 Å². The average Bonchev–Trinajstić information content (AvgIpc) is 3.01. The Labute approximate surface area is 138 Å². The van der Waals surface area contributed by atoms with Gasteiger partial charge in [0.05, 0.1) is 18.6 Å². The number of piperidine rings is 1. The summed E-state index contributed by atoms with van der Waals surface area (Å²) in [5, 5.41) is 0. The van der Waals surface area contributed by atoms with Gasteiger partial charge in [-0.2, -0.15) is 11.8 Å². The summed E-state index contributed by atoms with van der Waals surface area (Å²) >= 11 is 2.10. The zero-order chi connectivity index (χ0) is 15.2. The van der Waals surface area contributed by atoms with E-state index in [9.17, 15) is 0 Å². The zero-order valence-electron chi connectivity index (χ0n) is 13.6. The van der Waals surface area contributed by atoms with Gasteiger partial charge < -0.3 is 9.30 Å². The van der Waals surface area contributed by atoms with E-state index < -0.39 is 0 Å². The van der Waals surface area contributed by atoms with Gasteiger partial charge in [0.2, 0.25) is 0 Å². The molecule has 0 saturated carbocycles. The second-order valence-electron chi connectivity index (χ2n) is 6.23. The third-order valence-corrected chi connectivity index (χ3v) is 5.78. The van der Waals surface area contributed by atoms with Crippen LogP contribution in [-0.2, 0) is 17.8 Å². The number of likely N-dealkylation sites (tertiary alicyclic amines) is 1. The predicted octanol–water partition coefficient (Wildman–Crippen LogP) is 1.54. The minimum Gasteiger partial charge on any atom is -0.383 e. The van der Waals surface area contributed by atoms with Crippen LogP contribution >= 0.6 is 11.8 Å². The topological polar surface area (TPSA) is 33.5 Å². The van der Waals surface area contributed by atoms with Crippen molar-refractivity contribution in [1.29, 1.82) is 0 Å². The van der Waals surface area contributed by atoms with Crippen molar-refractivity contribution in [3.8, 4) is 0 Å². The fourth-order valence-corrected chi connectivity index (χ4v) is 4.42. The molecule has 0 spiro atoms. The van der Waals surface area contributed by atoms with E-state index in [1.54, 1.807) is 7.11 Å². The molecule has 0 aliphatic carbocycles. The predicted molar refractivity (Wildman–Crippen MR) is 91.3 cm³/mol. The molecule has 0 N–H and O–H groups in total. The van der Waals surface area contributed by atoms with E-state index in [4.69, 9.17) is 4.74 Å². The van der Waals surface area contributed by atoms with Crippen LogP contribution in [0, 0.1) is 0 Å². The lowest BCUT2D eigenvalue weighted by molar-refractivity contribution is 0.110. The van der Waals surface area contributed by atoms with E-state index in [0.29, 0.717) is 0 Å². The van der Waals surface area contributed by atoms with Crippen LogP contribution in [0.2, 0.25) is 0 Å². The van der Waals surface area contributed by atoms with Gasteiger partial charge in [0.15, 0.2) is 0 Å². The number of thioether (sulfide) groups is 1. The molecule has 124 valence electrons. The molecule has 1 aromatic heterocycles. The number of methoxy groups -OCH3 is 1. The zero-order valence-corrected chi connectivity index (χ0v) is 14.4. The molecule has 1 aromatic rings. The van der Waals surface area contributed by atoms with Crippen molar-refractivity contribution >= 4 is 11.8 Å². The van der Waals surface area contributed by atoms with Crippen molar-refractivity contribution in [2.24, 2.45) is 0 Å². The van der Waals surface area contributed by atoms with E-state index in [1.807, 2.05) is 12.5 Å². The van der Waals surface area contributed by atoms with Crippen LogP contribution in [-0.4, -0.2) is 76.8 Å². The standard InChI is InChI=1S/C16H28N4OS/c1-21-9-6-20-14-17-12-16(20)13-18-4-2-15(3-5-18)19-7-10-22-11-8-19/h12,14-15H,2-11,13H2,1H3. The minimum absolute atomic E-state index is 0.748. The summed E-state index contributed by atoms with van der Waals surface area (Å²) in [7, 11) is 1.75. The Kier molecular flexibility index (Phi) is 6.18. The lowest BCUT2D eigenvalue weighted by Gasteiger charge is -2.40. The first-order valence-corrected chi connectivity index (χ1v) is 9.54. The largest absolute Gasteiger partial charge is 0.383 e. The van der Waals surface area contributed by atoms with Gasteiger partial charge in [-0.3, -0.25) is 9.80 Å². The molecule has 2 fully saturated rings. The smallest absolute Gasteiger partial charge is 0.0949 e. The molecule has 0 amide bonds. The first-order chi connectivity index (χ1) is 10.9. The van der Waals surface area contributed by atoms with Gasteiger partial charge in [0.1, 0.15) is 0 Å². The van der Waals surface area contributed by atoms with Crippen molar-refractivity contribution in [2.75, 3.05) is 51.4 Å². The molecule has 22 heavy (non-hydrogen) atoms. The third-order valence-electron chi connectivity index (χ3n) is 4.84. The molecule has 5 nitrogen and oxygen atoms in total. The summed E-state index contributed by atoms with van der Waals surface area (Å²) in [4.78, 5) is 9.60. The maximum Gasteiger partial charge on any atom is 0.0949 e. The maximum absolute atomic E-state index is 5.17. The molecule has 6 heteroatoms. The quantitative estimate of drug-likeness (QED) is 0.793. The van der Waals surface area contributed by atoms with Crippen molar-refractivity contribution in [3.05, 3.63) is 18.2 Å². The van der Waals surface area contributed by atoms with Crippen LogP contribution in [0.25, 0.3) is 0 Å². The van der Waals surface area contributed by atoms with Crippen molar-refractivity contribution in [2.45, 2.75) is 32.0 Å². The highest BCUT2D eigenvalue weighted by Gasteiger charge is 2.25. The molecule has 0 aromatic carbocycles. The molecule has 0 bridgehead atoms. The van der Waals surface area contributed by atoms with Gasteiger partial charge in [-0.1, -0.05) is 0 Å². The molecule has 2 aliphatic rings. The normalized spacial score (nSPS) is 22.2. The fourth-order valence-electron chi connectivity index (χ4n) is 3.49. The number of nitrogens with zero attached hydrogens (tertiary/aromatic N) is 4. The van der Waals surface area contributed by atoms with Crippen LogP contribution in [0.15, 0.2) is 12.5 Å². The van der Waals surface area contributed by atoms with Gasteiger partial charge >= 0.3 is 0 Å². The Morgan fingerprint density at radius 2 is 2.00 bits per heavy atom. The number of hydrogen-bond acceptors (Lipinski definition) is 5. The highest BCUT2D eigenvalue weighted by Crippen LogP contribution is 2.21. The number of aromatic nitrogens is 2. The number of imidazole rings is 1. The van der Waals surface area contributed by atoms with Gasteiger partial charge in [0, 0.05) is 70.1 Å². The summed E-state index contributed by atoms with van der Waals surface area (Å²) in [6.45, 7) is 7.67. The molecule has 0 unspecified atom stereocenters. The highest BCUT2D eigenvalue weighted by molar-refractivity contribution is 7.99. The average molecular weight is 324 g/mol.